The molecule has 36 heavy (non-hydrogen) atoms. The van der Waals surface area contributed by atoms with Crippen molar-refractivity contribution in [3.8, 4) is 0 Å². The van der Waals surface area contributed by atoms with Gasteiger partial charge in [-0.3, -0.25) is 14.0 Å². The van der Waals surface area contributed by atoms with Gasteiger partial charge in [0.1, 0.15) is 0 Å². The Morgan fingerprint density at radius 1 is 0.917 bits per heavy atom. The monoisotopic (exact) mass is 544 g/mol. The minimum Gasteiger partial charge on any atom is -0.308 e. The highest BCUT2D eigenvalue weighted by Gasteiger charge is 2.24. The fourth-order valence-electron chi connectivity index (χ4n) is 3.58. The van der Waals surface area contributed by atoms with Crippen molar-refractivity contribution in [1.29, 1.82) is 0 Å². The molecule has 0 saturated carbocycles. The number of hydrogen-bond acceptors (Lipinski definition) is 6. The number of para-hydroxylation sites is 1. The first-order chi connectivity index (χ1) is 16.7. The highest BCUT2D eigenvalue weighted by atomic mass is 35.5. The van der Waals surface area contributed by atoms with Crippen LogP contribution in [0.3, 0.4) is 0 Å². The molecule has 4 aromatic rings. The molecule has 1 amide bonds. The number of carbonyl (C=O) groups excluding carboxylic acids is 1. The molecule has 0 aliphatic carbocycles. The lowest BCUT2D eigenvalue weighted by molar-refractivity contribution is 0.0985. The molecule has 7 nitrogen and oxygen atoms in total. The molecular formula is C26H29ClN4O3S2. The van der Waals surface area contributed by atoms with E-state index in [2.05, 4.69) is 6.07 Å². The molecule has 0 saturated heterocycles. The molecule has 0 spiro atoms. The van der Waals surface area contributed by atoms with Crippen LogP contribution in [0.5, 0.6) is 0 Å². The van der Waals surface area contributed by atoms with Crippen LogP contribution in [0.25, 0.3) is 10.2 Å². The fourth-order valence-corrected chi connectivity index (χ4v) is 5.86. The maximum Gasteiger partial charge on any atom is 0.264 e. The molecule has 0 unspecified atom stereocenters. The molecule has 0 aliphatic rings. The Kier molecular flexibility index (Phi) is 8.73. The maximum atomic E-state index is 13.5. The molecule has 0 fully saturated rings. The highest BCUT2D eigenvalue weighted by Crippen LogP contribution is 2.31. The highest BCUT2D eigenvalue weighted by molar-refractivity contribution is 7.92. The summed E-state index contributed by atoms with van der Waals surface area (Å²) in [7, 11) is 1.66. The Balaban J connectivity index is 0.00000361. The molecule has 0 atom stereocenters. The number of thiazole rings is 1. The van der Waals surface area contributed by atoms with Crippen molar-refractivity contribution >= 4 is 60.7 Å². The Labute approximate surface area is 222 Å². The minimum atomic E-state index is -3.76. The third-order valence-corrected chi connectivity index (χ3v) is 8.50. The van der Waals surface area contributed by atoms with E-state index < -0.39 is 10.0 Å². The topological polar surface area (TPSA) is 73.8 Å². The number of rotatable bonds is 8. The smallest absolute Gasteiger partial charge is 0.264 e. The number of aromatic nitrogens is 1. The number of benzene rings is 3. The van der Waals surface area contributed by atoms with Gasteiger partial charge in [0.05, 0.1) is 20.8 Å². The third-order valence-electron chi connectivity index (χ3n) is 5.66. The average Bonchev–Trinajstić information content (AvgIpc) is 3.26. The van der Waals surface area contributed by atoms with E-state index in [1.54, 1.807) is 41.3 Å². The van der Waals surface area contributed by atoms with Crippen LogP contribution in [0.4, 0.5) is 10.8 Å². The SMILES string of the molecule is Cc1ccc2nc(N(CCN(C)C)C(=O)c3ccc(S(=O)(=O)N(C)c4ccccc4)cc3)sc2c1.Cl. The molecule has 1 aromatic heterocycles. The maximum absolute atomic E-state index is 13.5. The van der Waals surface area contributed by atoms with E-state index in [9.17, 15) is 13.2 Å². The van der Waals surface area contributed by atoms with Gasteiger partial charge >= 0.3 is 0 Å². The molecule has 1 heterocycles. The van der Waals surface area contributed by atoms with Gasteiger partial charge in [-0.15, -0.1) is 12.4 Å². The van der Waals surface area contributed by atoms with Gasteiger partial charge in [0, 0.05) is 25.7 Å². The molecule has 190 valence electrons. The minimum absolute atomic E-state index is 0. The second kappa shape index (κ2) is 11.4. The van der Waals surface area contributed by atoms with Crippen LogP contribution in [0.15, 0.2) is 77.7 Å². The van der Waals surface area contributed by atoms with Gasteiger partial charge in [0.2, 0.25) is 0 Å². The number of aryl methyl sites for hydroxylation is 1. The van der Waals surface area contributed by atoms with Gasteiger partial charge in [-0.05, 0) is 75.1 Å². The largest absolute Gasteiger partial charge is 0.308 e. The first kappa shape index (κ1) is 27.6. The molecule has 0 aliphatic heterocycles. The summed E-state index contributed by atoms with van der Waals surface area (Å²) in [6, 6.07) is 21.0. The number of fused-ring (bicyclic) bond motifs is 1. The summed E-state index contributed by atoms with van der Waals surface area (Å²) in [5.74, 6) is -0.219. The van der Waals surface area contributed by atoms with Gasteiger partial charge in [0.15, 0.2) is 5.13 Å². The second-order valence-corrected chi connectivity index (χ2v) is 11.5. The summed E-state index contributed by atoms with van der Waals surface area (Å²) in [4.78, 5) is 22.0. The number of sulfonamides is 1. The molecular weight excluding hydrogens is 516 g/mol. The lowest BCUT2D eigenvalue weighted by atomic mass is 10.2. The number of hydrogen-bond donors (Lipinski definition) is 0. The fraction of sp³-hybridized carbons (Fsp3) is 0.231. The summed E-state index contributed by atoms with van der Waals surface area (Å²) in [6.07, 6.45) is 0. The van der Waals surface area contributed by atoms with E-state index in [1.807, 2.05) is 44.1 Å². The third kappa shape index (κ3) is 5.87. The van der Waals surface area contributed by atoms with Crippen molar-refractivity contribution in [3.63, 3.8) is 0 Å². The van der Waals surface area contributed by atoms with Crippen molar-refractivity contribution in [3.05, 3.63) is 83.9 Å². The number of anilines is 2. The first-order valence-corrected chi connectivity index (χ1v) is 13.4. The van der Waals surface area contributed by atoms with E-state index >= 15 is 0 Å². The van der Waals surface area contributed by atoms with Crippen LogP contribution in [-0.4, -0.2) is 58.4 Å². The normalized spacial score (nSPS) is 11.4. The van der Waals surface area contributed by atoms with Crippen LogP contribution in [0.1, 0.15) is 15.9 Å². The van der Waals surface area contributed by atoms with E-state index in [0.717, 1.165) is 15.8 Å². The predicted molar refractivity (Wildman–Crippen MR) is 150 cm³/mol. The van der Waals surface area contributed by atoms with Gasteiger partial charge in [0.25, 0.3) is 15.9 Å². The summed E-state index contributed by atoms with van der Waals surface area (Å²) in [5.41, 5.74) is 2.95. The van der Waals surface area contributed by atoms with Gasteiger partial charge < -0.3 is 4.90 Å². The predicted octanol–water partition coefficient (Wildman–Crippen LogP) is 5.06. The Hall–Kier alpha value is -2.98. The van der Waals surface area contributed by atoms with Crippen molar-refractivity contribution in [2.75, 3.05) is 43.4 Å². The zero-order valence-corrected chi connectivity index (χ0v) is 23.0. The summed E-state index contributed by atoms with van der Waals surface area (Å²) in [6.45, 7) is 3.15. The van der Waals surface area contributed by atoms with Crippen molar-refractivity contribution in [2.45, 2.75) is 11.8 Å². The molecule has 0 N–H and O–H groups in total. The first-order valence-electron chi connectivity index (χ1n) is 11.1. The van der Waals surface area contributed by atoms with E-state index in [4.69, 9.17) is 4.98 Å². The molecule has 4 rings (SSSR count). The van der Waals surface area contributed by atoms with Crippen LogP contribution >= 0.6 is 23.7 Å². The van der Waals surface area contributed by atoms with E-state index in [-0.39, 0.29) is 23.2 Å². The molecule has 0 bridgehead atoms. The van der Waals surface area contributed by atoms with Gasteiger partial charge in [-0.25, -0.2) is 13.4 Å². The van der Waals surface area contributed by atoms with Gasteiger partial charge in [-0.1, -0.05) is 35.6 Å². The van der Waals surface area contributed by atoms with Crippen LogP contribution in [0, 0.1) is 6.92 Å². The number of nitrogens with zero attached hydrogens (tertiary/aromatic N) is 4. The molecule has 3 aromatic carbocycles. The number of halogens is 1. The van der Waals surface area contributed by atoms with E-state index in [1.165, 1.54) is 34.8 Å². The molecule has 0 radical (unpaired) electrons. The molecule has 10 heteroatoms. The zero-order chi connectivity index (χ0) is 25.2. The number of carbonyl (C=O) groups is 1. The van der Waals surface area contributed by atoms with Crippen molar-refractivity contribution < 1.29 is 13.2 Å². The lowest BCUT2D eigenvalue weighted by Crippen LogP contribution is -2.36. The summed E-state index contributed by atoms with van der Waals surface area (Å²) in [5, 5.41) is 0.623. The second-order valence-electron chi connectivity index (χ2n) is 8.56. The standard InChI is InChI=1S/C26H28N4O3S2.ClH/c1-19-10-15-23-24(18-19)34-26(27-23)30(17-16-28(2)3)25(31)20-11-13-22(14-12-20)35(32,33)29(4)21-8-6-5-7-9-21;/h5-15,18H,16-17H2,1-4H3;1H. The van der Waals surface area contributed by atoms with Crippen molar-refractivity contribution in [1.82, 2.24) is 9.88 Å². The lowest BCUT2D eigenvalue weighted by Gasteiger charge is -2.22. The van der Waals surface area contributed by atoms with Crippen LogP contribution in [-0.2, 0) is 10.0 Å². The average molecular weight is 545 g/mol. The van der Waals surface area contributed by atoms with Crippen LogP contribution in [0.2, 0.25) is 0 Å². The quantitative estimate of drug-likeness (QED) is 0.310. The summed E-state index contributed by atoms with van der Waals surface area (Å²) >= 11 is 1.48. The van der Waals surface area contributed by atoms with Crippen molar-refractivity contribution in [2.24, 2.45) is 0 Å². The zero-order valence-electron chi connectivity index (χ0n) is 20.6. The Morgan fingerprint density at radius 3 is 2.22 bits per heavy atom. The van der Waals surface area contributed by atoms with E-state index in [0.29, 0.717) is 29.5 Å². The van der Waals surface area contributed by atoms with Crippen LogP contribution < -0.4 is 9.21 Å². The summed E-state index contributed by atoms with van der Waals surface area (Å²) < 4.78 is 28.4. The Morgan fingerprint density at radius 2 is 1.58 bits per heavy atom. The number of amides is 1. The number of likely N-dealkylation sites (N-methyl/N-ethyl adjacent to an activating group) is 1. The van der Waals surface area contributed by atoms with Gasteiger partial charge in [-0.2, -0.15) is 0 Å². The Bertz CT molecular complexity index is 1440.